The van der Waals surface area contributed by atoms with Crippen molar-refractivity contribution in [1.29, 1.82) is 0 Å². The third-order valence-electron chi connectivity index (χ3n) is 4.09. The van der Waals surface area contributed by atoms with Gasteiger partial charge in [0.1, 0.15) is 0 Å². The van der Waals surface area contributed by atoms with Crippen molar-refractivity contribution in [2.75, 3.05) is 13.2 Å². The third-order valence-corrected chi connectivity index (χ3v) is 4.09. The van der Waals surface area contributed by atoms with Crippen molar-refractivity contribution in [3.63, 3.8) is 0 Å². The molecule has 0 saturated carbocycles. The van der Waals surface area contributed by atoms with E-state index in [4.69, 9.17) is 4.74 Å². The van der Waals surface area contributed by atoms with E-state index in [1.165, 1.54) is 24.0 Å². The van der Waals surface area contributed by atoms with Gasteiger partial charge in [-0.15, -0.1) is 0 Å². The summed E-state index contributed by atoms with van der Waals surface area (Å²) < 4.78 is 5.93. The second kappa shape index (κ2) is 8.23. The van der Waals surface area contributed by atoms with Gasteiger partial charge in [-0.1, -0.05) is 50.3 Å². The summed E-state index contributed by atoms with van der Waals surface area (Å²) in [5, 5.41) is 3.36. The first-order valence-electron chi connectivity index (χ1n) is 7.81. The Bertz CT molecular complexity index is 427. The summed E-state index contributed by atoms with van der Waals surface area (Å²) in [6, 6.07) is 8.68. The summed E-state index contributed by atoms with van der Waals surface area (Å²) in [5.41, 5.74) is 2.61. The molecule has 1 aliphatic carbocycles. The van der Waals surface area contributed by atoms with E-state index in [1.54, 1.807) is 0 Å². The Balaban J connectivity index is 1.77. The minimum Gasteiger partial charge on any atom is -0.376 e. The van der Waals surface area contributed by atoms with Crippen molar-refractivity contribution >= 4 is 0 Å². The number of ether oxygens (including phenoxy) is 1. The molecule has 0 saturated heterocycles. The average Bonchev–Trinajstić information content (AvgIpc) is 2.48. The van der Waals surface area contributed by atoms with Crippen LogP contribution in [0.25, 0.3) is 0 Å². The van der Waals surface area contributed by atoms with Gasteiger partial charge in [0.2, 0.25) is 0 Å². The monoisotopic (exact) mass is 273 g/mol. The van der Waals surface area contributed by atoms with E-state index in [-0.39, 0.29) is 0 Å². The highest BCUT2D eigenvalue weighted by Gasteiger charge is 2.18. The van der Waals surface area contributed by atoms with E-state index >= 15 is 0 Å². The van der Waals surface area contributed by atoms with Gasteiger partial charge < -0.3 is 10.1 Å². The maximum Gasteiger partial charge on any atom is 0.0717 e. The molecule has 0 spiro atoms. The Kier molecular flexibility index (Phi) is 6.28. The van der Waals surface area contributed by atoms with Gasteiger partial charge in [-0.05, 0) is 42.3 Å². The van der Waals surface area contributed by atoms with Crippen molar-refractivity contribution in [3.05, 3.63) is 47.5 Å². The van der Waals surface area contributed by atoms with Crippen LogP contribution in [0, 0.1) is 11.8 Å². The van der Waals surface area contributed by atoms with Crippen LogP contribution < -0.4 is 5.32 Å². The van der Waals surface area contributed by atoms with Gasteiger partial charge in [-0.25, -0.2) is 0 Å². The minimum absolute atomic E-state index is 0.685. The highest BCUT2D eigenvalue weighted by atomic mass is 16.5. The largest absolute Gasteiger partial charge is 0.376 e. The number of nitrogens with one attached hydrogen (secondary N) is 1. The molecule has 0 aromatic heterocycles. The fourth-order valence-electron chi connectivity index (χ4n) is 2.67. The molecule has 1 aromatic carbocycles. The van der Waals surface area contributed by atoms with E-state index in [0.29, 0.717) is 5.92 Å². The summed E-state index contributed by atoms with van der Waals surface area (Å²) in [6.07, 6.45) is 6.96. The number of rotatable bonds is 7. The number of benzene rings is 1. The summed E-state index contributed by atoms with van der Waals surface area (Å²) in [6.45, 7) is 8.01. The van der Waals surface area contributed by atoms with Crippen molar-refractivity contribution in [2.24, 2.45) is 11.8 Å². The van der Waals surface area contributed by atoms with Gasteiger partial charge in [0.25, 0.3) is 0 Å². The average molecular weight is 273 g/mol. The van der Waals surface area contributed by atoms with Crippen LogP contribution in [0.1, 0.15) is 37.8 Å². The molecule has 1 aromatic rings. The van der Waals surface area contributed by atoms with Crippen LogP contribution in [0.4, 0.5) is 0 Å². The van der Waals surface area contributed by atoms with Crippen molar-refractivity contribution in [1.82, 2.24) is 5.32 Å². The molecule has 2 unspecified atom stereocenters. The molecular formula is C18H27NO. The highest BCUT2D eigenvalue weighted by Crippen LogP contribution is 2.25. The Hall–Kier alpha value is -1.12. The Morgan fingerprint density at radius 1 is 1.20 bits per heavy atom. The molecule has 0 amide bonds. The van der Waals surface area contributed by atoms with Crippen LogP contribution in [-0.4, -0.2) is 13.2 Å². The first-order chi connectivity index (χ1) is 9.79. The molecule has 0 heterocycles. The third kappa shape index (κ3) is 4.77. The maximum absolute atomic E-state index is 5.93. The number of hydrogen-bond donors (Lipinski definition) is 1. The lowest BCUT2D eigenvalue weighted by Crippen LogP contribution is -2.19. The fourth-order valence-corrected chi connectivity index (χ4v) is 2.67. The van der Waals surface area contributed by atoms with Crippen molar-refractivity contribution in [2.45, 2.75) is 39.8 Å². The van der Waals surface area contributed by atoms with Crippen LogP contribution >= 0.6 is 0 Å². The molecule has 2 rings (SSSR count). The SMILES string of the molecule is CCNCc1cccc(COCC2CC=CCC2C)c1. The fraction of sp³-hybridized carbons (Fsp3) is 0.556. The van der Waals surface area contributed by atoms with Crippen LogP contribution in [0.2, 0.25) is 0 Å². The zero-order valence-corrected chi connectivity index (χ0v) is 12.8. The summed E-state index contributed by atoms with van der Waals surface area (Å²) >= 11 is 0. The lowest BCUT2D eigenvalue weighted by molar-refractivity contribution is 0.0680. The lowest BCUT2D eigenvalue weighted by Gasteiger charge is -2.24. The molecule has 1 aliphatic rings. The summed E-state index contributed by atoms with van der Waals surface area (Å²) in [5.74, 6) is 1.44. The zero-order valence-electron chi connectivity index (χ0n) is 12.8. The molecule has 2 atom stereocenters. The van der Waals surface area contributed by atoms with Gasteiger partial charge in [-0.2, -0.15) is 0 Å². The summed E-state index contributed by atoms with van der Waals surface area (Å²) in [7, 11) is 0. The molecule has 0 fully saturated rings. The normalized spacial score (nSPS) is 22.1. The molecule has 2 heteroatoms. The Morgan fingerprint density at radius 2 is 2.00 bits per heavy atom. The predicted octanol–water partition coefficient (Wildman–Crippen LogP) is 3.92. The number of allylic oxidation sites excluding steroid dienone is 2. The first-order valence-corrected chi connectivity index (χ1v) is 7.81. The smallest absolute Gasteiger partial charge is 0.0717 e. The molecule has 1 N–H and O–H groups in total. The van der Waals surface area contributed by atoms with E-state index in [1.807, 2.05) is 0 Å². The van der Waals surface area contributed by atoms with Crippen LogP contribution in [-0.2, 0) is 17.9 Å². The second-order valence-electron chi connectivity index (χ2n) is 5.80. The molecule has 110 valence electrons. The standard InChI is InChI=1S/C18H27NO/c1-3-19-12-16-8-6-9-17(11-16)13-20-14-18-10-5-4-7-15(18)2/h4-6,8-9,11,15,18-19H,3,7,10,12-14H2,1-2H3. The first kappa shape index (κ1) is 15.3. The summed E-state index contributed by atoms with van der Waals surface area (Å²) in [4.78, 5) is 0. The molecule has 2 nitrogen and oxygen atoms in total. The van der Waals surface area contributed by atoms with Gasteiger partial charge in [0.05, 0.1) is 13.2 Å². The highest BCUT2D eigenvalue weighted by molar-refractivity contribution is 5.22. The Morgan fingerprint density at radius 3 is 2.80 bits per heavy atom. The predicted molar refractivity (Wildman–Crippen MR) is 84.5 cm³/mol. The molecular weight excluding hydrogens is 246 g/mol. The van der Waals surface area contributed by atoms with Gasteiger partial charge in [0.15, 0.2) is 0 Å². The quantitative estimate of drug-likeness (QED) is 0.760. The van der Waals surface area contributed by atoms with Crippen LogP contribution in [0.15, 0.2) is 36.4 Å². The van der Waals surface area contributed by atoms with Gasteiger partial charge in [0, 0.05) is 6.54 Å². The van der Waals surface area contributed by atoms with Crippen molar-refractivity contribution in [3.8, 4) is 0 Å². The van der Waals surface area contributed by atoms with Crippen LogP contribution in [0.3, 0.4) is 0 Å². The van der Waals surface area contributed by atoms with Crippen molar-refractivity contribution < 1.29 is 4.74 Å². The minimum atomic E-state index is 0.685. The molecule has 0 radical (unpaired) electrons. The van der Waals surface area contributed by atoms with Gasteiger partial charge in [-0.3, -0.25) is 0 Å². The van der Waals surface area contributed by atoms with E-state index in [9.17, 15) is 0 Å². The lowest BCUT2D eigenvalue weighted by atomic mass is 9.85. The topological polar surface area (TPSA) is 21.3 Å². The Labute approximate surface area is 123 Å². The van der Waals surface area contributed by atoms with Crippen LogP contribution in [0.5, 0.6) is 0 Å². The second-order valence-corrected chi connectivity index (χ2v) is 5.80. The van der Waals surface area contributed by atoms with E-state index < -0.39 is 0 Å². The van der Waals surface area contributed by atoms with E-state index in [0.717, 1.165) is 32.2 Å². The zero-order chi connectivity index (χ0) is 14.2. The van der Waals surface area contributed by atoms with Gasteiger partial charge >= 0.3 is 0 Å². The number of hydrogen-bond acceptors (Lipinski definition) is 2. The maximum atomic E-state index is 5.93. The molecule has 0 aliphatic heterocycles. The molecule has 20 heavy (non-hydrogen) atoms. The van der Waals surface area contributed by atoms with E-state index in [2.05, 4.69) is 55.6 Å². The molecule has 0 bridgehead atoms.